The molecule has 0 atom stereocenters. The van der Waals surface area contributed by atoms with Crippen LogP contribution in [0.3, 0.4) is 0 Å². The lowest BCUT2D eigenvalue weighted by Crippen LogP contribution is -2.19. The minimum atomic E-state index is -4.50. The monoisotopic (exact) mass is 472 g/mol. The summed E-state index contributed by atoms with van der Waals surface area (Å²) in [5.41, 5.74) is 7.76. The van der Waals surface area contributed by atoms with E-state index in [-0.39, 0.29) is 28.6 Å². The molecule has 3 N–H and O–H groups in total. The molecule has 0 aliphatic heterocycles. The Bertz CT molecular complexity index is 1360. The fourth-order valence-electron chi connectivity index (χ4n) is 2.96. The van der Waals surface area contributed by atoms with Crippen LogP contribution in [0.15, 0.2) is 58.3 Å². The molecule has 4 rings (SSSR count). The zero-order valence-electron chi connectivity index (χ0n) is 17.3. The number of hydrogen-bond donors (Lipinski definition) is 2. The van der Waals surface area contributed by atoms with Gasteiger partial charge >= 0.3 is 6.18 Å². The van der Waals surface area contributed by atoms with Gasteiger partial charge in [-0.25, -0.2) is 10.1 Å². The van der Waals surface area contributed by atoms with E-state index in [1.807, 2.05) is 0 Å². The molecule has 14 heteroatoms. The molecule has 174 valence electrons. The molecule has 0 aliphatic rings. The van der Waals surface area contributed by atoms with Crippen molar-refractivity contribution >= 4 is 17.9 Å². The fraction of sp³-hybridized carbons (Fsp3) is 0.100. The lowest BCUT2D eigenvalue weighted by Gasteiger charge is -2.08. The van der Waals surface area contributed by atoms with E-state index in [9.17, 15) is 18.0 Å². The SMILES string of the molecule is COc1cccc(-c2c(C(=O)NN=Cc3cccc(C(F)(F)F)c3)nnn2-c2nonc2N)c1. The third-order valence-electron chi connectivity index (χ3n) is 4.52. The number of aromatic nitrogens is 5. The number of hydrazone groups is 1. The summed E-state index contributed by atoms with van der Waals surface area (Å²) in [5, 5.41) is 18.7. The standard InChI is InChI=1S/C20H15F3N8O3/c1-33-14-7-3-5-12(9-14)16-15(26-30-31(16)18-17(24)28-34-29-18)19(32)27-25-10-11-4-2-6-13(8-11)20(21,22)23/h2-10H,1H3,(H2,24,28)(H,27,32). The van der Waals surface area contributed by atoms with Gasteiger partial charge in [0.1, 0.15) is 11.4 Å². The minimum absolute atomic E-state index is 0.00293. The molecule has 4 aromatic rings. The quantitative estimate of drug-likeness (QED) is 0.322. The number of carbonyl (C=O) groups excluding carboxylic acids is 1. The van der Waals surface area contributed by atoms with Crippen molar-refractivity contribution in [3.63, 3.8) is 0 Å². The van der Waals surface area contributed by atoms with E-state index in [0.29, 0.717) is 11.3 Å². The van der Waals surface area contributed by atoms with Gasteiger partial charge in [-0.15, -0.1) is 5.10 Å². The van der Waals surface area contributed by atoms with Crippen LogP contribution < -0.4 is 15.9 Å². The molecule has 0 saturated carbocycles. The number of carbonyl (C=O) groups is 1. The summed E-state index contributed by atoms with van der Waals surface area (Å²) in [6.45, 7) is 0. The summed E-state index contributed by atoms with van der Waals surface area (Å²) in [6.07, 6.45) is -3.43. The van der Waals surface area contributed by atoms with Gasteiger partial charge in [-0.3, -0.25) is 4.79 Å². The molecule has 2 heterocycles. The maximum atomic E-state index is 12.9. The topological polar surface area (TPSA) is 146 Å². The van der Waals surface area contributed by atoms with Crippen LogP contribution in [0.2, 0.25) is 0 Å². The zero-order chi connectivity index (χ0) is 24.3. The predicted molar refractivity (Wildman–Crippen MR) is 112 cm³/mol. The van der Waals surface area contributed by atoms with Gasteiger partial charge < -0.3 is 10.5 Å². The number of nitrogen functional groups attached to an aromatic ring is 1. The summed E-state index contributed by atoms with van der Waals surface area (Å²) in [6, 6.07) is 11.1. The van der Waals surface area contributed by atoms with Gasteiger partial charge in [-0.05, 0) is 40.1 Å². The molecule has 11 nitrogen and oxygen atoms in total. The number of nitrogens with zero attached hydrogens (tertiary/aromatic N) is 6. The van der Waals surface area contributed by atoms with E-state index in [4.69, 9.17) is 10.5 Å². The van der Waals surface area contributed by atoms with Crippen molar-refractivity contribution in [1.82, 2.24) is 30.7 Å². The van der Waals surface area contributed by atoms with Crippen LogP contribution in [0.5, 0.6) is 5.75 Å². The Kier molecular flexibility index (Phi) is 5.95. The number of rotatable bonds is 6. The van der Waals surface area contributed by atoms with Crippen LogP contribution in [0, 0.1) is 0 Å². The number of anilines is 1. The number of alkyl halides is 3. The second kappa shape index (κ2) is 9.01. The number of halogens is 3. The molecule has 2 aromatic carbocycles. The van der Waals surface area contributed by atoms with E-state index < -0.39 is 17.6 Å². The minimum Gasteiger partial charge on any atom is -0.497 e. The molecule has 2 aromatic heterocycles. The van der Waals surface area contributed by atoms with Gasteiger partial charge in [0.15, 0.2) is 5.69 Å². The fourth-order valence-corrected chi connectivity index (χ4v) is 2.96. The first-order chi connectivity index (χ1) is 16.3. The number of nitrogens with one attached hydrogen (secondary N) is 1. The van der Waals surface area contributed by atoms with Gasteiger partial charge in [-0.1, -0.05) is 29.5 Å². The molecular formula is C20H15F3N8O3. The molecule has 0 bridgehead atoms. The normalized spacial score (nSPS) is 11.6. The number of methoxy groups -OCH3 is 1. The van der Waals surface area contributed by atoms with Crippen molar-refractivity contribution in [2.24, 2.45) is 5.10 Å². The van der Waals surface area contributed by atoms with Crippen molar-refractivity contribution in [2.45, 2.75) is 6.18 Å². The second-order valence-electron chi connectivity index (χ2n) is 6.73. The average molecular weight is 472 g/mol. The first-order valence-corrected chi connectivity index (χ1v) is 9.47. The maximum absolute atomic E-state index is 12.9. The van der Waals surface area contributed by atoms with Gasteiger partial charge in [0.05, 0.1) is 18.9 Å². The Balaban J connectivity index is 1.66. The van der Waals surface area contributed by atoms with Gasteiger partial charge in [0, 0.05) is 5.56 Å². The summed E-state index contributed by atoms with van der Waals surface area (Å²) in [5.74, 6) is -0.395. The van der Waals surface area contributed by atoms with Crippen molar-refractivity contribution < 1.29 is 27.3 Å². The molecule has 0 saturated heterocycles. The number of ether oxygens (including phenoxy) is 1. The molecule has 34 heavy (non-hydrogen) atoms. The van der Waals surface area contributed by atoms with Crippen molar-refractivity contribution in [2.75, 3.05) is 12.8 Å². The Hall–Kier alpha value is -4.75. The molecule has 0 aliphatic carbocycles. The Labute approximate surface area is 189 Å². The predicted octanol–water partition coefficient (Wildman–Crippen LogP) is 2.69. The molecular weight excluding hydrogens is 457 g/mol. The highest BCUT2D eigenvalue weighted by molar-refractivity contribution is 5.99. The average Bonchev–Trinajstić information content (AvgIpc) is 3.44. The third-order valence-corrected chi connectivity index (χ3v) is 4.52. The van der Waals surface area contributed by atoms with Crippen LogP contribution in [-0.4, -0.2) is 44.5 Å². The van der Waals surface area contributed by atoms with Gasteiger partial charge in [0.25, 0.3) is 5.91 Å². The van der Waals surface area contributed by atoms with E-state index in [1.165, 1.54) is 19.2 Å². The van der Waals surface area contributed by atoms with Crippen LogP contribution in [-0.2, 0) is 6.18 Å². The van der Waals surface area contributed by atoms with E-state index >= 15 is 0 Å². The molecule has 0 radical (unpaired) electrons. The highest BCUT2D eigenvalue weighted by Gasteiger charge is 2.30. The Morgan fingerprint density at radius 3 is 2.71 bits per heavy atom. The van der Waals surface area contributed by atoms with Crippen molar-refractivity contribution in [1.29, 1.82) is 0 Å². The summed E-state index contributed by atoms with van der Waals surface area (Å²) >= 11 is 0. The van der Waals surface area contributed by atoms with Crippen molar-refractivity contribution in [3.05, 3.63) is 65.4 Å². The van der Waals surface area contributed by atoms with Crippen molar-refractivity contribution in [3.8, 4) is 22.8 Å². The van der Waals surface area contributed by atoms with Crippen LogP contribution >= 0.6 is 0 Å². The third kappa shape index (κ3) is 4.55. The van der Waals surface area contributed by atoms with Gasteiger partial charge in [0.2, 0.25) is 11.6 Å². The zero-order valence-corrected chi connectivity index (χ0v) is 17.3. The van der Waals surface area contributed by atoms with E-state index in [0.717, 1.165) is 23.0 Å². The summed E-state index contributed by atoms with van der Waals surface area (Å²) < 4.78 is 49.6. The molecule has 0 fully saturated rings. The van der Waals surface area contributed by atoms with E-state index in [2.05, 4.69) is 35.8 Å². The number of amides is 1. The van der Waals surface area contributed by atoms with Crippen LogP contribution in [0.25, 0.3) is 17.1 Å². The molecule has 0 spiro atoms. The lowest BCUT2D eigenvalue weighted by molar-refractivity contribution is -0.137. The molecule has 1 amide bonds. The largest absolute Gasteiger partial charge is 0.497 e. The van der Waals surface area contributed by atoms with Crippen LogP contribution in [0.4, 0.5) is 19.0 Å². The first kappa shape index (κ1) is 22.4. The summed E-state index contributed by atoms with van der Waals surface area (Å²) in [4.78, 5) is 12.8. The smallest absolute Gasteiger partial charge is 0.416 e. The highest BCUT2D eigenvalue weighted by Crippen LogP contribution is 2.30. The summed E-state index contributed by atoms with van der Waals surface area (Å²) in [7, 11) is 1.48. The number of nitrogens with two attached hydrogens (primary N) is 1. The number of benzene rings is 2. The Morgan fingerprint density at radius 2 is 2.00 bits per heavy atom. The van der Waals surface area contributed by atoms with Crippen LogP contribution in [0.1, 0.15) is 21.6 Å². The van der Waals surface area contributed by atoms with Gasteiger partial charge in [-0.2, -0.15) is 23.0 Å². The highest BCUT2D eigenvalue weighted by atomic mass is 19.4. The molecule has 0 unspecified atom stereocenters. The number of hydrogen-bond acceptors (Lipinski definition) is 9. The van der Waals surface area contributed by atoms with E-state index in [1.54, 1.807) is 24.3 Å². The maximum Gasteiger partial charge on any atom is 0.416 e. The Morgan fingerprint density at radius 1 is 1.21 bits per heavy atom. The lowest BCUT2D eigenvalue weighted by atomic mass is 10.1. The second-order valence-corrected chi connectivity index (χ2v) is 6.73. The first-order valence-electron chi connectivity index (χ1n) is 9.47.